The van der Waals surface area contributed by atoms with E-state index in [1.54, 1.807) is 6.20 Å². The fourth-order valence-electron chi connectivity index (χ4n) is 3.82. The number of hydrogen-bond donors (Lipinski definition) is 1. The van der Waals surface area contributed by atoms with Crippen molar-refractivity contribution in [3.63, 3.8) is 0 Å². The number of morpholine rings is 1. The van der Waals surface area contributed by atoms with E-state index in [0.717, 1.165) is 25.7 Å². The van der Waals surface area contributed by atoms with Gasteiger partial charge in [-0.1, -0.05) is 18.1 Å². The predicted molar refractivity (Wildman–Crippen MR) is 78.9 cm³/mol. The number of amides is 1. The standard InChI is InChI=1S/C15H22N4O4/c20-13-9-22-8-12(13)19-7-11(16-17-19)14(21)18-5-6-23-15(10-18)3-1-2-4-15/h7,12-13,20H,1-6,8-10H2/t12-,13-/m1/s1. The van der Waals surface area contributed by atoms with Gasteiger partial charge in [0, 0.05) is 6.54 Å². The highest BCUT2D eigenvalue weighted by molar-refractivity contribution is 5.92. The number of carbonyl (C=O) groups is 1. The van der Waals surface area contributed by atoms with E-state index < -0.39 is 6.10 Å². The molecule has 1 aromatic rings. The lowest BCUT2D eigenvalue weighted by molar-refractivity contribution is -0.0949. The van der Waals surface area contributed by atoms with Crippen LogP contribution in [0.5, 0.6) is 0 Å². The van der Waals surface area contributed by atoms with Gasteiger partial charge in [0.1, 0.15) is 12.1 Å². The maximum absolute atomic E-state index is 12.7. The zero-order chi connectivity index (χ0) is 15.9. The largest absolute Gasteiger partial charge is 0.388 e. The van der Waals surface area contributed by atoms with E-state index >= 15 is 0 Å². The minimum atomic E-state index is -0.607. The van der Waals surface area contributed by atoms with E-state index in [1.165, 1.54) is 4.68 Å². The first-order chi connectivity index (χ1) is 11.2. The number of aliphatic hydroxyl groups is 1. The molecule has 23 heavy (non-hydrogen) atoms. The second-order valence-electron chi connectivity index (χ2n) is 6.72. The van der Waals surface area contributed by atoms with Crippen molar-refractivity contribution in [3.05, 3.63) is 11.9 Å². The summed E-state index contributed by atoms with van der Waals surface area (Å²) in [4.78, 5) is 14.5. The third-order valence-corrected chi connectivity index (χ3v) is 5.14. The molecule has 2 saturated heterocycles. The summed E-state index contributed by atoms with van der Waals surface area (Å²) >= 11 is 0. The summed E-state index contributed by atoms with van der Waals surface area (Å²) in [5.41, 5.74) is 0.165. The van der Waals surface area contributed by atoms with Gasteiger partial charge in [-0.2, -0.15) is 0 Å². The molecular weight excluding hydrogens is 300 g/mol. The summed E-state index contributed by atoms with van der Waals surface area (Å²) in [7, 11) is 0. The Labute approximate surface area is 134 Å². The van der Waals surface area contributed by atoms with Gasteiger partial charge >= 0.3 is 0 Å². The van der Waals surface area contributed by atoms with Gasteiger partial charge in [0.2, 0.25) is 0 Å². The average molecular weight is 322 g/mol. The maximum Gasteiger partial charge on any atom is 0.276 e. The Balaban J connectivity index is 1.47. The lowest BCUT2D eigenvalue weighted by Gasteiger charge is -2.40. The Bertz CT molecular complexity index is 584. The van der Waals surface area contributed by atoms with Crippen LogP contribution in [0.4, 0.5) is 0 Å². The van der Waals surface area contributed by atoms with Gasteiger partial charge in [0.15, 0.2) is 5.69 Å². The van der Waals surface area contributed by atoms with Crippen molar-refractivity contribution in [2.75, 3.05) is 32.9 Å². The quantitative estimate of drug-likeness (QED) is 0.824. The van der Waals surface area contributed by atoms with Gasteiger partial charge in [-0.3, -0.25) is 4.79 Å². The number of aromatic nitrogens is 3. The molecule has 2 aliphatic heterocycles. The van der Waals surface area contributed by atoms with Crippen LogP contribution < -0.4 is 0 Å². The highest BCUT2D eigenvalue weighted by Crippen LogP contribution is 2.36. The summed E-state index contributed by atoms with van der Waals surface area (Å²) in [5, 5.41) is 17.9. The number of carbonyl (C=O) groups excluding carboxylic acids is 1. The Morgan fingerprint density at radius 2 is 2.17 bits per heavy atom. The van der Waals surface area contributed by atoms with Crippen LogP contribution in [0.25, 0.3) is 0 Å². The van der Waals surface area contributed by atoms with Crippen LogP contribution in [-0.4, -0.2) is 75.5 Å². The lowest BCUT2D eigenvalue weighted by atomic mass is 9.99. The van der Waals surface area contributed by atoms with E-state index in [1.807, 2.05) is 4.90 Å². The molecule has 1 N–H and O–H groups in total. The fraction of sp³-hybridized carbons (Fsp3) is 0.800. The zero-order valence-electron chi connectivity index (χ0n) is 13.1. The van der Waals surface area contributed by atoms with Gasteiger partial charge in [0.05, 0.1) is 38.2 Å². The van der Waals surface area contributed by atoms with Crippen molar-refractivity contribution in [2.24, 2.45) is 0 Å². The third kappa shape index (κ3) is 2.75. The smallest absolute Gasteiger partial charge is 0.276 e. The topological polar surface area (TPSA) is 89.7 Å². The molecule has 3 fully saturated rings. The Morgan fingerprint density at radius 1 is 1.35 bits per heavy atom. The highest BCUT2D eigenvalue weighted by Gasteiger charge is 2.41. The van der Waals surface area contributed by atoms with Gasteiger partial charge in [-0.25, -0.2) is 4.68 Å². The van der Waals surface area contributed by atoms with Crippen LogP contribution in [0.3, 0.4) is 0 Å². The number of hydrogen-bond acceptors (Lipinski definition) is 6. The first-order valence-electron chi connectivity index (χ1n) is 8.28. The zero-order valence-corrected chi connectivity index (χ0v) is 13.1. The molecule has 8 nitrogen and oxygen atoms in total. The van der Waals surface area contributed by atoms with Crippen LogP contribution in [-0.2, 0) is 9.47 Å². The number of rotatable bonds is 2. The first-order valence-corrected chi connectivity index (χ1v) is 8.28. The van der Waals surface area contributed by atoms with Crippen molar-refractivity contribution in [2.45, 2.75) is 43.4 Å². The molecule has 2 atom stereocenters. The Morgan fingerprint density at radius 3 is 2.91 bits per heavy atom. The molecule has 3 heterocycles. The van der Waals surface area contributed by atoms with E-state index in [0.29, 0.717) is 38.6 Å². The summed E-state index contributed by atoms with van der Waals surface area (Å²) in [6.07, 6.45) is 5.38. The number of aliphatic hydroxyl groups excluding tert-OH is 1. The first kappa shape index (κ1) is 15.0. The third-order valence-electron chi connectivity index (χ3n) is 5.14. The Hall–Kier alpha value is -1.51. The van der Waals surface area contributed by atoms with E-state index in [2.05, 4.69) is 10.3 Å². The molecule has 1 aromatic heterocycles. The molecular formula is C15H22N4O4. The molecule has 0 unspecified atom stereocenters. The summed E-state index contributed by atoms with van der Waals surface area (Å²) < 4.78 is 12.7. The summed E-state index contributed by atoms with van der Waals surface area (Å²) in [5.74, 6) is -0.112. The number of nitrogens with zero attached hydrogens (tertiary/aromatic N) is 4. The van der Waals surface area contributed by atoms with Crippen molar-refractivity contribution >= 4 is 5.91 Å². The van der Waals surface area contributed by atoms with Crippen molar-refractivity contribution in [3.8, 4) is 0 Å². The molecule has 1 spiro atoms. The van der Waals surface area contributed by atoms with Crippen LogP contribution in [0.2, 0.25) is 0 Å². The molecule has 126 valence electrons. The normalized spacial score (nSPS) is 30.2. The molecule has 3 aliphatic rings. The van der Waals surface area contributed by atoms with Crippen molar-refractivity contribution in [1.29, 1.82) is 0 Å². The van der Waals surface area contributed by atoms with Gasteiger partial charge < -0.3 is 19.5 Å². The van der Waals surface area contributed by atoms with Gasteiger partial charge in [0.25, 0.3) is 5.91 Å². The van der Waals surface area contributed by atoms with Crippen LogP contribution in [0.1, 0.15) is 42.2 Å². The maximum atomic E-state index is 12.7. The molecule has 0 radical (unpaired) electrons. The van der Waals surface area contributed by atoms with E-state index in [4.69, 9.17) is 9.47 Å². The van der Waals surface area contributed by atoms with Crippen LogP contribution >= 0.6 is 0 Å². The summed E-state index contributed by atoms with van der Waals surface area (Å²) in [6, 6.07) is -0.269. The highest BCUT2D eigenvalue weighted by atomic mass is 16.5. The summed E-state index contributed by atoms with van der Waals surface area (Å²) in [6.45, 7) is 2.48. The molecule has 8 heteroatoms. The molecule has 1 amide bonds. The van der Waals surface area contributed by atoms with Gasteiger partial charge in [-0.05, 0) is 12.8 Å². The molecule has 0 bridgehead atoms. The van der Waals surface area contributed by atoms with Gasteiger partial charge in [-0.15, -0.1) is 5.10 Å². The SMILES string of the molecule is O=C(c1cn([C@@H]2COC[C@H]2O)nn1)N1CCOC2(CCCC2)C1. The Kier molecular flexibility index (Phi) is 3.82. The molecule has 0 aromatic carbocycles. The van der Waals surface area contributed by atoms with E-state index in [-0.39, 0.29) is 17.6 Å². The number of ether oxygens (including phenoxy) is 2. The second kappa shape index (κ2) is 5.85. The van der Waals surface area contributed by atoms with E-state index in [9.17, 15) is 9.90 Å². The molecule has 1 aliphatic carbocycles. The lowest BCUT2D eigenvalue weighted by Crippen LogP contribution is -2.52. The second-order valence-corrected chi connectivity index (χ2v) is 6.72. The van der Waals surface area contributed by atoms with Crippen LogP contribution in [0.15, 0.2) is 6.20 Å². The average Bonchev–Trinajstić information content (AvgIpc) is 3.28. The van der Waals surface area contributed by atoms with Crippen molar-refractivity contribution in [1.82, 2.24) is 19.9 Å². The minimum absolute atomic E-state index is 0.112. The molecule has 4 rings (SSSR count). The molecule has 1 saturated carbocycles. The fourth-order valence-corrected chi connectivity index (χ4v) is 3.82. The predicted octanol–water partition coefficient (Wildman–Crippen LogP) is -0.00450. The van der Waals surface area contributed by atoms with Crippen molar-refractivity contribution < 1.29 is 19.4 Å². The van der Waals surface area contributed by atoms with Crippen LogP contribution in [0, 0.1) is 0 Å². The monoisotopic (exact) mass is 322 g/mol. The minimum Gasteiger partial charge on any atom is -0.388 e.